The highest BCUT2D eigenvalue weighted by Gasteiger charge is 2.32. The highest BCUT2D eigenvalue weighted by atomic mass is 35.5. The minimum Gasteiger partial charge on any atom is -0.357 e. The summed E-state index contributed by atoms with van der Waals surface area (Å²) in [4.78, 5) is 27.2. The second-order valence-electron chi connectivity index (χ2n) is 7.01. The van der Waals surface area contributed by atoms with Gasteiger partial charge in [-0.25, -0.2) is 8.42 Å². The van der Waals surface area contributed by atoms with Crippen LogP contribution in [0, 0.1) is 0 Å². The summed E-state index contributed by atoms with van der Waals surface area (Å²) in [7, 11) is -2.35. The van der Waals surface area contributed by atoms with Crippen molar-refractivity contribution in [2.45, 2.75) is 25.9 Å². The maximum Gasteiger partial charge on any atom is 0.244 e. The van der Waals surface area contributed by atoms with Gasteiger partial charge < -0.3 is 10.2 Å². The molecule has 32 heavy (non-hydrogen) atoms. The predicted octanol–water partition coefficient (Wildman–Crippen LogP) is 3.97. The Morgan fingerprint density at radius 2 is 1.59 bits per heavy atom. The van der Waals surface area contributed by atoms with Crippen LogP contribution in [0.5, 0.6) is 0 Å². The lowest BCUT2D eigenvalue weighted by molar-refractivity contribution is -0.140. The molecule has 7 nitrogen and oxygen atoms in total. The van der Waals surface area contributed by atoms with E-state index < -0.39 is 28.5 Å². The maximum absolute atomic E-state index is 13.4. The zero-order chi connectivity index (χ0) is 24.1. The number of hydrogen-bond donors (Lipinski definition) is 1. The second-order valence-corrected chi connectivity index (χ2v) is 10.2. The summed E-state index contributed by atoms with van der Waals surface area (Å²) >= 11 is 18.5. The maximum atomic E-state index is 13.4. The van der Waals surface area contributed by atoms with Crippen molar-refractivity contribution in [2.24, 2.45) is 0 Å². The minimum atomic E-state index is -3.82. The van der Waals surface area contributed by atoms with Crippen LogP contribution in [0.15, 0.2) is 42.5 Å². The molecule has 1 N–H and O–H groups in total. The summed E-state index contributed by atoms with van der Waals surface area (Å²) in [6.07, 6.45) is 1.30. The van der Waals surface area contributed by atoms with Gasteiger partial charge in [0.2, 0.25) is 21.8 Å². The van der Waals surface area contributed by atoms with Crippen LogP contribution in [0.1, 0.15) is 18.9 Å². The molecule has 2 aromatic rings. The lowest BCUT2D eigenvalue weighted by Gasteiger charge is -2.33. The largest absolute Gasteiger partial charge is 0.357 e. The van der Waals surface area contributed by atoms with E-state index in [1.807, 2.05) is 0 Å². The molecule has 0 radical (unpaired) electrons. The topological polar surface area (TPSA) is 86.8 Å². The Morgan fingerprint density at radius 1 is 1.03 bits per heavy atom. The van der Waals surface area contributed by atoms with Crippen LogP contribution >= 0.6 is 34.8 Å². The minimum absolute atomic E-state index is 0.0680. The number of sulfonamides is 1. The normalized spacial score (nSPS) is 12.2. The molecule has 0 aliphatic heterocycles. The fourth-order valence-electron chi connectivity index (χ4n) is 3.16. The van der Waals surface area contributed by atoms with Crippen molar-refractivity contribution in [2.75, 3.05) is 24.2 Å². The van der Waals surface area contributed by atoms with Gasteiger partial charge in [-0.2, -0.15) is 0 Å². The molecule has 1 atom stereocenters. The molecule has 0 aromatic heterocycles. The molecule has 2 rings (SSSR count). The van der Waals surface area contributed by atoms with Crippen LogP contribution in [0.25, 0.3) is 0 Å². The van der Waals surface area contributed by atoms with E-state index in [2.05, 4.69) is 5.32 Å². The van der Waals surface area contributed by atoms with Gasteiger partial charge in [-0.1, -0.05) is 47.8 Å². The van der Waals surface area contributed by atoms with Gasteiger partial charge in [0.1, 0.15) is 12.6 Å². The van der Waals surface area contributed by atoms with Crippen LogP contribution in [0.2, 0.25) is 15.1 Å². The van der Waals surface area contributed by atoms with Crippen LogP contribution < -0.4 is 9.62 Å². The van der Waals surface area contributed by atoms with Gasteiger partial charge in [-0.15, -0.1) is 0 Å². The van der Waals surface area contributed by atoms with Gasteiger partial charge in [-0.05, 0) is 42.8 Å². The van der Waals surface area contributed by atoms with Crippen molar-refractivity contribution >= 4 is 62.3 Å². The monoisotopic (exact) mass is 519 g/mol. The lowest BCUT2D eigenvalue weighted by Crippen LogP contribution is -2.51. The Morgan fingerprint density at radius 3 is 2.06 bits per heavy atom. The summed E-state index contributed by atoms with van der Waals surface area (Å²) in [5, 5.41) is 3.63. The molecule has 11 heteroatoms. The highest BCUT2D eigenvalue weighted by molar-refractivity contribution is 7.92. The zero-order valence-electron chi connectivity index (χ0n) is 17.8. The van der Waals surface area contributed by atoms with Crippen LogP contribution in [-0.2, 0) is 26.2 Å². The van der Waals surface area contributed by atoms with Gasteiger partial charge in [0.15, 0.2) is 0 Å². The van der Waals surface area contributed by atoms with E-state index in [1.54, 1.807) is 25.1 Å². The Labute approximate surface area is 203 Å². The summed E-state index contributed by atoms with van der Waals surface area (Å²) < 4.78 is 25.9. The molecule has 0 aliphatic carbocycles. The summed E-state index contributed by atoms with van der Waals surface area (Å²) in [5.41, 5.74) is 0.734. The number of carbonyl (C=O) groups is 2. The standard InChI is InChI=1S/C21H24Cl3N3O4S/c1-4-19(21(29)25-2)26(12-16-17(23)6-5-7-18(16)24)20(28)13-27(32(3,30)31)15-10-8-14(22)9-11-15/h5-11,19H,4,12-13H2,1-3H3,(H,25,29)/t19-/m0/s1. The number of nitrogens with one attached hydrogen (secondary N) is 1. The fourth-order valence-corrected chi connectivity index (χ4v) is 4.65. The number of carbonyl (C=O) groups excluding carboxylic acids is 2. The first-order chi connectivity index (χ1) is 15.0. The number of anilines is 1. The number of hydrogen-bond acceptors (Lipinski definition) is 4. The van der Waals surface area contributed by atoms with Crippen LogP contribution in [-0.4, -0.2) is 51.0 Å². The Kier molecular flexibility index (Phi) is 9.21. The van der Waals surface area contributed by atoms with Gasteiger partial charge in [0.05, 0.1) is 11.9 Å². The highest BCUT2D eigenvalue weighted by Crippen LogP contribution is 2.28. The molecule has 0 unspecified atom stereocenters. The molecule has 0 heterocycles. The smallest absolute Gasteiger partial charge is 0.244 e. The van der Waals surface area contributed by atoms with Crippen molar-refractivity contribution < 1.29 is 18.0 Å². The number of amides is 2. The van der Waals surface area contributed by atoms with Crippen molar-refractivity contribution in [3.8, 4) is 0 Å². The van der Waals surface area contributed by atoms with Gasteiger partial charge in [-0.3, -0.25) is 13.9 Å². The van der Waals surface area contributed by atoms with Crippen molar-refractivity contribution in [1.82, 2.24) is 10.2 Å². The van der Waals surface area contributed by atoms with E-state index in [4.69, 9.17) is 34.8 Å². The summed E-state index contributed by atoms with van der Waals surface area (Å²) in [6.45, 7) is 1.17. The average molecular weight is 521 g/mol. The second kappa shape index (κ2) is 11.2. The van der Waals surface area contributed by atoms with Gasteiger partial charge in [0.25, 0.3) is 0 Å². The number of rotatable bonds is 9. The molecule has 2 aromatic carbocycles. The Hall–Kier alpha value is -2.00. The Bertz CT molecular complexity index is 1060. The molecular weight excluding hydrogens is 497 g/mol. The lowest BCUT2D eigenvalue weighted by atomic mass is 10.1. The molecule has 0 aliphatic rings. The van der Waals surface area contributed by atoms with Crippen LogP contribution in [0.3, 0.4) is 0 Å². The first kappa shape index (κ1) is 26.3. The molecule has 0 saturated heterocycles. The first-order valence-corrected chi connectivity index (χ1v) is 12.6. The first-order valence-electron chi connectivity index (χ1n) is 9.66. The van der Waals surface area contributed by atoms with E-state index in [1.165, 1.54) is 36.2 Å². The third kappa shape index (κ3) is 6.51. The SMILES string of the molecule is CC[C@@H](C(=O)NC)N(Cc1c(Cl)cccc1Cl)C(=O)CN(c1ccc(Cl)cc1)S(C)(=O)=O. The fraction of sp³-hybridized carbons (Fsp3) is 0.333. The zero-order valence-corrected chi connectivity index (χ0v) is 20.9. The number of likely N-dealkylation sites (N-methyl/N-ethyl adjacent to an activating group) is 1. The summed E-state index contributed by atoms with van der Waals surface area (Å²) in [6, 6.07) is 10.1. The molecular formula is C21H24Cl3N3O4S. The number of benzene rings is 2. The summed E-state index contributed by atoms with van der Waals surface area (Å²) in [5.74, 6) is -0.974. The number of nitrogens with zero attached hydrogens (tertiary/aromatic N) is 2. The Balaban J connectivity index is 2.47. The quantitative estimate of drug-likeness (QED) is 0.542. The van der Waals surface area contributed by atoms with E-state index in [-0.39, 0.29) is 18.1 Å². The van der Waals surface area contributed by atoms with E-state index in [0.717, 1.165) is 10.6 Å². The van der Waals surface area contributed by atoms with Crippen molar-refractivity contribution in [3.05, 3.63) is 63.1 Å². The van der Waals surface area contributed by atoms with Crippen molar-refractivity contribution in [3.63, 3.8) is 0 Å². The van der Waals surface area contributed by atoms with Gasteiger partial charge >= 0.3 is 0 Å². The third-order valence-electron chi connectivity index (χ3n) is 4.82. The molecule has 174 valence electrons. The molecule has 0 saturated carbocycles. The molecule has 0 fully saturated rings. The van der Waals surface area contributed by atoms with Gasteiger partial charge in [0, 0.05) is 34.2 Å². The van der Waals surface area contributed by atoms with E-state index >= 15 is 0 Å². The average Bonchev–Trinajstić information content (AvgIpc) is 2.73. The van der Waals surface area contributed by atoms with Crippen LogP contribution in [0.4, 0.5) is 5.69 Å². The predicted molar refractivity (Wildman–Crippen MR) is 129 cm³/mol. The van der Waals surface area contributed by atoms with E-state index in [0.29, 0.717) is 27.1 Å². The third-order valence-corrected chi connectivity index (χ3v) is 6.92. The molecule has 0 spiro atoms. The molecule has 0 bridgehead atoms. The van der Waals surface area contributed by atoms with Crippen molar-refractivity contribution in [1.29, 1.82) is 0 Å². The molecule has 2 amide bonds. The number of halogens is 3. The van der Waals surface area contributed by atoms with E-state index in [9.17, 15) is 18.0 Å².